The number of anilines is 1. The van der Waals surface area contributed by atoms with Crippen LogP contribution in [0.25, 0.3) is 10.2 Å². The number of rotatable bonds is 4. The van der Waals surface area contributed by atoms with Crippen molar-refractivity contribution < 1.29 is 4.74 Å². The average Bonchev–Trinajstić information content (AvgIpc) is 2.74. The fourth-order valence-corrected chi connectivity index (χ4v) is 2.77. The maximum Gasteiger partial charge on any atom is 0.161 e. The van der Waals surface area contributed by atoms with E-state index >= 15 is 0 Å². The molecule has 5 heteroatoms. The van der Waals surface area contributed by atoms with E-state index in [1.54, 1.807) is 18.4 Å². The molecule has 0 fully saturated rings. The second-order valence-electron chi connectivity index (χ2n) is 3.88. The molecule has 2 rings (SSSR count). The minimum absolute atomic E-state index is 0.0751. The summed E-state index contributed by atoms with van der Waals surface area (Å²) in [7, 11) is 1.67. The predicted octanol–water partition coefficient (Wildman–Crippen LogP) is 2.93. The van der Waals surface area contributed by atoms with Crippen LogP contribution in [0.3, 0.4) is 0 Å². The van der Waals surface area contributed by atoms with Crippen LogP contribution in [0.1, 0.15) is 37.1 Å². The third-order valence-corrected chi connectivity index (χ3v) is 3.96. The van der Waals surface area contributed by atoms with Crippen molar-refractivity contribution in [3.8, 4) is 0 Å². The van der Waals surface area contributed by atoms with Gasteiger partial charge in [0, 0.05) is 12.0 Å². The molecule has 1 unspecified atom stereocenters. The van der Waals surface area contributed by atoms with Crippen molar-refractivity contribution in [1.29, 1.82) is 0 Å². The summed E-state index contributed by atoms with van der Waals surface area (Å²) in [5, 5.41) is 0.960. The molecule has 0 aliphatic rings. The minimum atomic E-state index is -0.0751. The molecule has 2 N–H and O–H groups in total. The number of aryl methyl sites for hydroxylation is 1. The summed E-state index contributed by atoms with van der Waals surface area (Å²) in [5.74, 6) is 1.24. The van der Waals surface area contributed by atoms with Gasteiger partial charge in [-0.15, -0.1) is 11.3 Å². The monoisotopic (exact) mass is 251 g/mol. The van der Waals surface area contributed by atoms with E-state index in [2.05, 4.69) is 23.0 Å². The van der Waals surface area contributed by atoms with Crippen LogP contribution < -0.4 is 5.73 Å². The Bertz CT molecular complexity index is 520. The summed E-state index contributed by atoms with van der Waals surface area (Å²) < 4.78 is 5.35. The van der Waals surface area contributed by atoms with Crippen LogP contribution in [0.2, 0.25) is 0 Å². The molecule has 0 aliphatic heterocycles. The third kappa shape index (κ3) is 2.25. The van der Waals surface area contributed by atoms with Crippen molar-refractivity contribution in [1.82, 2.24) is 9.97 Å². The zero-order valence-electron chi connectivity index (χ0n) is 10.4. The molecule has 0 saturated heterocycles. The molecular formula is C12H17N3OS. The molecule has 92 valence electrons. The first-order valence-corrected chi connectivity index (χ1v) is 6.59. The number of nitrogen functional groups attached to an aromatic ring is 1. The van der Waals surface area contributed by atoms with Gasteiger partial charge in [-0.1, -0.05) is 13.8 Å². The molecule has 2 aromatic rings. The Balaban J connectivity index is 2.53. The van der Waals surface area contributed by atoms with Gasteiger partial charge in [0.2, 0.25) is 0 Å². The number of nitrogens with zero attached hydrogens (tertiary/aromatic N) is 2. The van der Waals surface area contributed by atoms with Gasteiger partial charge in [-0.3, -0.25) is 0 Å². The largest absolute Gasteiger partial charge is 0.383 e. The number of thiophene rings is 1. The van der Waals surface area contributed by atoms with Crippen LogP contribution in [-0.2, 0) is 11.2 Å². The molecule has 1 atom stereocenters. The fourth-order valence-electron chi connectivity index (χ4n) is 1.78. The number of fused-ring (bicyclic) bond motifs is 1. The van der Waals surface area contributed by atoms with Gasteiger partial charge < -0.3 is 10.5 Å². The first kappa shape index (κ1) is 12.3. The summed E-state index contributed by atoms with van der Waals surface area (Å²) in [5.41, 5.74) is 5.97. The SMILES string of the molecule is CCc1cc2c(N)nc(C(CC)OC)nc2s1. The summed E-state index contributed by atoms with van der Waals surface area (Å²) in [6.45, 7) is 4.17. The van der Waals surface area contributed by atoms with Crippen LogP contribution >= 0.6 is 11.3 Å². The number of hydrogen-bond acceptors (Lipinski definition) is 5. The normalized spacial score (nSPS) is 13.1. The number of methoxy groups -OCH3 is 1. The van der Waals surface area contributed by atoms with Gasteiger partial charge in [0.25, 0.3) is 0 Å². The highest BCUT2D eigenvalue weighted by atomic mass is 32.1. The van der Waals surface area contributed by atoms with Crippen molar-refractivity contribution in [2.45, 2.75) is 32.8 Å². The highest BCUT2D eigenvalue weighted by Gasteiger charge is 2.15. The highest BCUT2D eigenvalue weighted by molar-refractivity contribution is 7.18. The van der Waals surface area contributed by atoms with E-state index in [1.807, 2.05) is 6.92 Å². The van der Waals surface area contributed by atoms with Crippen LogP contribution in [-0.4, -0.2) is 17.1 Å². The van der Waals surface area contributed by atoms with Gasteiger partial charge in [0.05, 0.1) is 5.39 Å². The van der Waals surface area contributed by atoms with E-state index < -0.39 is 0 Å². The zero-order chi connectivity index (χ0) is 12.4. The molecule has 2 aromatic heterocycles. The molecule has 0 aromatic carbocycles. The first-order valence-electron chi connectivity index (χ1n) is 5.78. The Hall–Kier alpha value is -1.20. The van der Waals surface area contributed by atoms with E-state index in [4.69, 9.17) is 10.5 Å². The molecular weight excluding hydrogens is 234 g/mol. The summed E-state index contributed by atoms with van der Waals surface area (Å²) in [4.78, 5) is 11.1. The van der Waals surface area contributed by atoms with Crippen molar-refractivity contribution in [2.24, 2.45) is 0 Å². The first-order chi connectivity index (χ1) is 8.19. The lowest BCUT2D eigenvalue weighted by molar-refractivity contribution is 0.0930. The smallest absolute Gasteiger partial charge is 0.161 e. The quantitative estimate of drug-likeness (QED) is 0.907. The number of aromatic nitrogens is 2. The molecule has 0 amide bonds. The average molecular weight is 251 g/mol. The van der Waals surface area contributed by atoms with E-state index in [-0.39, 0.29) is 6.10 Å². The molecule has 0 aliphatic carbocycles. The van der Waals surface area contributed by atoms with Crippen LogP contribution in [0, 0.1) is 0 Å². The standard InChI is InChI=1S/C12H17N3OS/c1-4-7-6-8-10(13)14-11(9(5-2)16-3)15-12(8)17-7/h6,9H,4-5H2,1-3H3,(H2,13,14,15). The number of nitrogens with two attached hydrogens (primary N) is 1. The van der Waals surface area contributed by atoms with Crippen molar-refractivity contribution in [3.05, 3.63) is 16.8 Å². The van der Waals surface area contributed by atoms with Crippen LogP contribution in [0.4, 0.5) is 5.82 Å². The Morgan fingerprint density at radius 1 is 1.41 bits per heavy atom. The van der Waals surface area contributed by atoms with Crippen LogP contribution in [0.15, 0.2) is 6.07 Å². The zero-order valence-corrected chi connectivity index (χ0v) is 11.2. The summed E-state index contributed by atoms with van der Waals surface area (Å²) in [6.07, 6.45) is 1.76. The second kappa shape index (κ2) is 4.98. The van der Waals surface area contributed by atoms with E-state index in [0.29, 0.717) is 11.6 Å². The molecule has 0 radical (unpaired) electrons. The fraction of sp³-hybridized carbons (Fsp3) is 0.500. The second-order valence-corrected chi connectivity index (χ2v) is 5.00. The Kier molecular flexibility index (Phi) is 3.59. The Labute approximate surface area is 105 Å². The molecule has 0 spiro atoms. The minimum Gasteiger partial charge on any atom is -0.383 e. The van der Waals surface area contributed by atoms with Gasteiger partial charge in [-0.05, 0) is 18.9 Å². The van der Waals surface area contributed by atoms with E-state index in [0.717, 1.165) is 23.1 Å². The molecule has 17 heavy (non-hydrogen) atoms. The molecule has 0 saturated carbocycles. The Morgan fingerprint density at radius 2 is 2.18 bits per heavy atom. The third-order valence-electron chi connectivity index (χ3n) is 2.78. The maximum absolute atomic E-state index is 5.97. The van der Waals surface area contributed by atoms with Gasteiger partial charge in [0.15, 0.2) is 5.82 Å². The van der Waals surface area contributed by atoms with Crippen molar-refractivity contribution in [2.75, 3.05) is 12.8 Å². The van der Waals surface area contributed by atoms with Crippen LogP contribution in [0.5, 0.6) is 0 Å². The van der Waals surface area contributed by atoms with Gasteiger partial charge in [0.1, 0.15) is 16.8 Å². The highest BCUT2D eigenvalue weighted by Crippen LogP contribution is 2.29. The topological polar surface area (TPSA) is 61.0 Å². The van der Waals surface area contributed by atoms with Crippen molar-refractivity contribution in [3.63, 3.8) is 0 Å². The van der Waals surface area contributed by atoms with Gasteiger partial charge in [-0.2, -0.15) is 0 Å². The lowest BCUT2D eigenvalue weighted by Crippen LogP contribution is -2.07. The molecule has 0 bridgehead atoms. The predicted molar refractivity (Wildman–Crippen MR) is 71.2 cm³/mol. The number of hydrogen-bond donors (Lipinski definition) is 1. The maximum atomic E-state index is 5.97. The van der Waals surface area contributed by atoms with Gasteiger partial charge >= 0.3 is 0 Å². The van der Waals surface area contributed by atoms with Gasteiger partial charge in [-0.25, -0.2) is 9.97 Å². The number of ether oxygens (including phenoxy) is 1. The van der Waals surface area contributed by atoms with E-state index in [9.17, 15) is 0 Å². The summed E-state index contributed by atoms with van der Waals surface area (Å²) in [6, 6.07) is 2.08. The molecule has 4 nitrogen and oxygen atoms in total. The Morgan fingerprint density at radius 3 is 2.76 bits per heavy atom. The lowest BCUT2D eigenvalue weighted by Gasteiger charge is -2.11. The van der Waals surface area contributed by atoms with E-state index in [1.165, 1.54) is 4.88 Å². The summed E-state index contributed by atoms with van der Waals surface area (Å²) >= 11 is 1.68. The molecule has 2 heterocycles. The lowest BCUT2D eigenvalue weighted by atomic mass is 10.2. The van der Waals surface area contributed by atoms with Crippen molar-refractivity contribution >= 4 is 27.4 Å².